The smallest absolute Gasteiger partial charge is 0.326 e. The molecule has 0 saturated carbocycles. The second kappa shape index (κ2) is 10.8. The highest BCUT2D eigenvalue weighted by atomic mass is 32.2. The number of benzene rings is 2. The van der Waals surface area contributed by atoms with Crippen molar-refractivity contribution in [2.24, 2.45) is 0 Å². The first-order chi connectivity index (χ1) is 15.3. The Hall–Kier alpha value is -2.65. The zero-order valence-electron chi connectivity index (χ0n) is 17.0. The molecule has 2 amide bonds. The Kier molecular flexibility index (Phi) is 8.09. The Morgan fingerprint density at radius 3 is 2.44 bits per heavy atom. The number of rotatable bonds is 8. The second-order valence-electron chi connectivity index (χ2n) is 7.15. The SMILES string of the molecule is O=C(CCCCCN1C(=O)/C(=C/c2ccccc2)SC1=S)Nc1ccccc1C(F)(F)F. The Morgan fingerprint density at radius 2 is 1.72 bits per heavy atom. The average molecular weight is 479 g/mol. The number of halogens is 3. The van der Waals surface area contributed by atoms with Gasteiger partial charge in [-0.15, -0.1) is 0 Å². The fourth-order valence-corrected chi connectivity index (χ4v) is 4.49. The lowest BCUT2D eigenvalue weighted by Crippen LogP contribution is -2.29. The summed E-state index contributed by atoms with van der Waals surface area (Å²) in [6.07, 6.45) is -0.855. The summed E-state index contributed by atoms with van der Waals surface area (Å²) in [6, 6.07) is 14.4. The van der Waals surface area contributed by atoms with Crippen LogP contribution in [0.25, 0.3) is 6.08 Å². The highest BCUT2D eigenvalue weighted by Gasteiger charge is 2.33. The van der Waals surface area contributed by atoms with Crippen LogP contribution in [-0.2, 0) is 15.8 Å². The molecular formula is C23H21F3N2O2S2. The molecule has 0 bridgehead atoms. The predicted octanol–water partition coefficient (Wildman–Crippen LogP) is 6.11. The summed E-state index contributed by atoms with van der Waals surface area (Å²) in [7, 11) is 0. The van der Waals surface area contributed by atoms with Crippen molar-refractivity contribution in [1.82, 2.24) is 4.90 Å². The Labute approximate surface area is 193 Å². The van der Waals surface area contributed by atoms with E-state index in [0.717, 1.165) is 11.6 Å². The summed E-state index contributed by atoms with van der Waals surface area (Å²) in [6.45, 7) is 0.440. The first-order valence-electron chi connectivity index (χ1n) is 10.0. The van der Waals surface area contributed by atoms with E-state index >= 15 is 0 Å². The summed E-state index contributed by atoms with van der Waals surface area (Å²) < 4.78 is 39.5. The number of carbonyl (C=O) groups is 2. The number of thioether (sulfide) groups is 1. The van der Waals surface area contributed by atoms with Gasteiger partial charge in [0.05, 0.1) is 16.2 Å². The van der Waals surface area contributed by atoms with E-state index in [1.165, 1.54) is 30.0 Å². The molecule has 0 atom stereocenters. The third kappa shape index (κ3) is 6.43. The number of alkyl halides is 3. The summed E-state index contributed by atoms with van der Waals surface area (Å²) in [4.78, 5) is 26.8. The number of hydrogen-bond donors (Lipinski definition) is 1. The summed E-state index contributed by atoms with van der Waals surface area (Å²) >= 11 is 6.58. The number of hydrogen-bond acceptors (Lipinski definition) is 4. The van der Waals surface area contributed by atoms with Crippen LogP contribution in [0.4, 0.5) is 18.9 Å². The van der Waals surface area contributed by atoms with Gasteiger partial charge in [-0.1, -0.05) is 72.9 Å². The zero-order valence-corrected chi connectivity index (χ0v) is 18.7. The molecule has 0 spiro atoms. The lowest BCUT2D eigenvalue weighted by molar-refractivity contribution is -0.137. The predicted molar refractivity (Wildman–Crippen MR) is 125 cm³/mol. The van der Waals surface area contributed by atoms with Crippen LogP contribution in [0.2, 0.25) is 0 Å². The fourth-order valence-electron chi connectivity index (χ4n) is 3.18. The van der Waals surface area contributed by atoms with E-state index in [0.29, 0.717) is 35.0 Å². The molecule has 0 radical (unpaired) electrons. The van der Waals surface area contributed by atoms with E-state index < -0.39 is 17.6 Å². The van der Waals surface area contributed by atoms with E-state index in [9.17, 15) is 22.8 Å². The molecule has 1 aliphatic heterocycles. The summed E-state index contributed by atoms with van der Waals surface area (Å²) in [5.41, 5.74) is -0.190. The van der Waals surface area contributed by atoms with E-state index in [2.05, 4.69) is 5.32 Å². The van der Waals surface area contributed by atoms with Crippen molar-refractivity contribution in [2.45, 2.75) is 31.9 Å². The van der Waals surface area contributed by atoms with Gasteiger partial charge >= 0.3 is 6.18 Å². The third-order valence-electron chi connectivity index (χ3n) is 4.76. The number of carbonyl (C=O) groups excluding carboxylic acids is 2. The molecule has 1 N–H and O–H groups in total. The van der Waals surface area contributed by atoms with Crippen molar-refractivity contribution in [3.05, 3.63) is 70.6 Å². The molecule has 168 valence electrons. The fraction of sp³-hybridized carbons (Fsp3) is 0.261. The lowest BCUT2D eigenvalue weighted by Gasteiger charge is -2.14. The van der Waals surface area contributed by atoms with Crippen LogP contribution in [0, 0.1) is 0 Å². The van der Waals surface area contributed by atoms with Gasteiger partial charge in [0.1, 0.15) is 4.32 Å². The molecule has 0 aromatic heterocycles. The van der Waals surface area contributed by atoms with Crippen molar-refractivity contribution >= 4 is 51.9 Å². The maximum absolute atomic E-state index is 13.0. The largest absolute Gasteiger partial charge is 0.418 e. The van der Waals surface area contributed by atoms with Gasteiger partial charge in [0, 0.05) is 13.0 Å². The number of unbranched alkanes of at least 4 members (excludes halogenated alkanes) is 2. The van der Waals surface area contributed by atoms with Crippen LogP contribution in [0.5, 0.6) is 0 Å². The van der Waals surface area contributed by atoms with Crippen LogP contribution in [0.15, 0.2) is 59.5 Å². The first kappa shape index (κ1) is 24.0. The molecule has 2 aromatic rings. The molecule has 2 aromatic carbocycles. The molecule has 0 unspecified atom stereocenters. The van der Waals surface area contributed by atoms with Gasteiger partial charge in [-0.05, 0) is 36.6 Å². The molecule has 1 heterocycles. The highest BCUT2D eigenvalue weighted by molar-refractivity contribution is 8.26. The van der Waals surface area contributed by atoms with Gasteiger partial charge in [0.25, 0.3) is 5.91 Å². The van der Waals surface area contributed by atoms with Gasteiger partial charge < -0.3 is 5.32 Å². The van der Waals surface area contributed by atoms with Crippen molar-refractivity contribution in [1.29, 1.82) is 0 Å². The van der Waals surface area contributed by atoms with Crippen molar-refractivity contribution in [3.63, 3.8) is 0 Å². The molecule has 4 nitrogen and oxygen atoms in total. The van der Waals surface area contributed by atoms with Crippen molar-refractivity contribution in [3.8, 4) is 0 Å². The second-order valence-corrected chi connectivity index (χ2v) is 8.82. The Bertz CT molecular complexity index is 1020. The van der Waals surface area contributed by atoms with Crippen LogP contribution in [-0.4, -0.2) is 27.6 Å². The van der Waals surface area contributed by atoms with Gasteiger partial charge in [-0.25, -0.2) is 0 Å². The molecule has 3 rings (SSSR count). The van der Waals surface area contributed by atoms with Crippen molar-refractivity contribution in [2.75, 3.05) is 11.9 Å². The number of para-hydroxylation sites is 1. The topological polar surface area (TPSA) is 49.4 Å². The van der Waals surface area contributed by atoms with Gasteiger partial charge in [-0.2, -0.15) is 13.2 Å². The lowest BCUT2D eigenvalue weighted by atomic mass is 10.1. The Morgan fingerprint density at radius 1 is 1.03 bits per heavy atom. The normalized spacial score (nSPS) is 15.5. The van der Waals surface area contributed by atoms with E-state index in [1.807, 2.05) is 36.4 Å². The molecule has 0 aliphatic carbocycles. The van der Waals surface area contributed by atoms with Gasteiger partial charge in [-0.3, -0.25) is 14.5 Å². The minimum absolute atomic E-state index is 0.0957. The van der Waals surface area contributed by atoms with Gasteiger partial charge in [0.2, 0.25) is 5.91 Å². The van der Waals surface area contributed by atoms with Crippen LogP contribution >= 0.6 is 24.0 Å². The van der Waals surface area contributed by atoms with E-state index in [-0.39, 0.29) is 18.0 Å². The monoisotopic (exact) mass is 478 g/mol. The number of thiocarbonyl (C=S) groups is 1. The quantitative estimate of drug-likeness (QED) is 0.283. The number of amides is 2. The van der Waals surface area contributed by atoms with Crippen LogP contribution in [0.3, 0.4) is 0 Å². The molecule has 1 aliphatic rings. The Balaban J connectivity index is 1.43. The highest BCUT2D eigenvalue weighted by Crippen LogP contribution is 2.35. The number of nitrogens with one attached hydrogen (secondary N) is 1. The summed E-state index contributed by atoms with van der Waals surface area (Å²) in [5.74, 6) is -0.608. The van der Waals surface area contributed by atoms with Gasteiger partial charge in [0.15, 0.2) is 0 Å². The van der Waals surface area contributed by atoms with Crippen molar-refractivity contribution < 1.29 is 22.8 Å². The minimum Gasteiger partial charge on any atom is -0.326 e. The first-order valence-corrected chi connectivity index (χ1v) is 11.2. The maximum atomic E-state index is 13.0. The van der Waals surface area contributed by atoms with Crippen LogP contribution in [0.1, 0.15) is 36.8 Å². The number of nitrogens with zero attached hydrogens (tertiary/aromatic N) is 1. The number of anilines is 1. The minimum atomic E-state index is -4.53. The van der Waals surface area contributed by atoms with E-state index in [1.54, 1.807) is 4.90 Å². The summed E-state index contributed by atoms with van der Waals surface area (Å²) in [5, 5.41) is 2.34. The molecule has 1 fully saturated rings. The van der Waals surface area contributed by atoms with Crippen LogP contribution < -0.4 is 5.32 Å². The molecule has 1 saturated heterocycles. The third-order valence-corrected chi connectivity index (χ3v) is 6.14. The average Bonchev–Trinajstić information content (AvgIpc) is 3.01. The maximum Gasteiger partial charge on any atom is 0.418 e. The molecule has 32 heavy (non-hydrogen) atoms. The molecule has 9 heteroatoms. The molecular weight excluding hydrogens is 457 g/mol. The zero-order chi connectivity index (χ0) is 23.1. The van der Waals surface area contributed by atoms with E-state index in [4.69, 9.17) is 12.2 Å². The standard InChI is InChI=1S/C23H21F3N2O2S2/c24-23(25,26)17-11-6-7-12-18(17)27-20(29)13-5-2-8-14-28-21(30)19(32-22(28)31)15-16-9-3-1-4-10-16/h1,3-4,6-7,9-12,15H,2,5,8,13-14H2,(H,27,29)/b19-15-.